The van der Waals surface area contributed by atoms with Gasteiger partial charge in [0.1, 0.15) is 11.5 Å². The van der Waals surface area contributed by atoms with Gasteiger partial charge in [-0.05, 0) is 107 Å². The molecule has 0 saturated carbocycles. The van der Waals surface area contributed by atoms with Crippen molar-refractivity contribution in [3.8, 4) is 39.4 Å². The van der Waals surface area contributed by atoms with Crippen LogP contribution in [0.1, 0.15) is 36.5 Å². The first-order valence-corrected chi connectivity index (χ1v) is 18.9. The molecule has 54 heavy (non-hydrogen) atoms. The van der Waals surface area contributed by atoms with E-state index in [2.05, 4.69) is 205 Å². The van der Waals surface area contributed by atoms with E-state index in [0.717, 1.165) is 11.5 Å². The Morgan fingerprint density at radius 2 is 1.07 bits per heavy atom. The summed E-state index contributed by atoms with van der Waals surface area (Å²) >= 11 is 0. The van der Waals surface area contributed by atoms with E-state index < -0.39 is 0 Å². The van der Waals surface area contributed by atoms with Crippen LogP contribution in [-0.2, 0) is 5.41 Å². The lowest BCUT2D eigenvalue weighted by Gasteiger charge is -2.35. The predicted octanol–water partition coefficient (Wildman–Crippen LogP) is 13.3. The lowest BCUT2D eigenvalue weighted by atomic mass is 9.74. The molecule has 11 rings (SSSR count). The summed E-state index contributed by atoms with van der Waals surface area (Å²) in [4.78, 5) is 2.49. The van der Waals surface area contributed by atoms with Gasteiger partial charge in [-0.3, -0.25) is 0 Å². The highest BCUT2D eigenvalue weighted by molar-refractivity contribution is 6.10. The molecular weight excluding hydrogens is 657 g/mol. The molecule has 2 atom stereocenters. The molecule has 0 fully saturated rings. The van der Waals surface area contributed by atoms with Gasteiger partial charge in [0.15, 0.2) is 0 Å². The van der Waals surface area contributed by atoms with E-state index in [9.17, 15) is 0 Å². The van der Waals surface area contributed by atoms with Gasteiger partial charge in [0.25, 0.3) is 0 Å². The Morgan fingerprint density at radius 3 is 1.81 bits per heavy atom. The molecule has 1 aromatic heterocycles. The molecule has 2 unspecified atom stereocenters. The molecule has 3 heterocycles. The molecule has 0 amide bonds. The van der Waals surface area contributed by atoms with Gasteiger partial charge in [-0.2, -0.15) is 0 Å². The van der Waals surface area contributed by atoms with Gasteiger partial charge in [-0.15, -0.1) is 0 Å². The highest BCUT2D eigenvalue weighted by atomic mass is 16.5. The van der Waals surface area contributed by atoms with Crippen molar-refractivity contribution in [3.05, 3.63) is 199 Å². The maximum Gasteiger partial charge on any atom is 0.131 e. The van der Waals surface area contributed by atoms with Crippen LogP contribution < -0.4 is 9.64 Å². The Hall–Kier alpha value is -6.58. The molecule has 3 nitrogen and oxygen atoms in total. The van der Waals surface area contributed by atoms with E-state index in [1.807, 2.05) is 0 Å². The number of aromatic nitrogens is 1. The second-order valence-electron chi connectivity index (χ2n) is 15.3. The number of hydrogen-bond donors (Lipinski definition) is 0. The van der Waals surface area contributed by atoms with Crippen molar-refractivity contribution >= 4 is 33.2 Å². The summed E-state index contributed by atoms with van der Waals surface area (Å²) in [6, 6.07) is 57.7. The van der Waals surface area contributed by atoms with Crippen LogP contribution in [0.3, 0.4) is 0 Å². The van der Waals surface area contributed by atoms with Crippen molar-refractivity contribution in [1.82, 2.24) is 4.57 Å². The van der Waals surface area contributed by atoms with E-state index in [1.165, 1.54) is 77.8 Å². The first-order valence-electron chi connectivity index (χ1n) is 18.9. The Morgan fingerprint density at radius 1 is 0.500 bits per heavy atom. The molecular formula is C51H38N2O. The van der Waals surface area contributed by atoms with Crippen molar-refractivity contribution in [1.29, 1.82) is 0 Å². The zero-order valence-electron chi connectivity index (χ0n) is 30.3. The third-order valence-electron chi connectivity index (χ3n) is 12.0. The monoisotopic (exact) mass is 694 g/mol. The Bertz CT molecular complexity index is 2840. The summed E-state index contributed by atoms with van der Waals surface area (Å²) in [7, 11) is 0. The third-order valence-corrected chi connectivity index (χ3v) is 12.0. The Balaban J connectivity index is 0.970. The molecule has 0 N–H and O–H groups in total. The van der Waals surface area contributed by atoms with Crippen LogP contribution in [0.15, 0.2) is 182 Å². The normalized spacial score (nSPS) is 17.6. The van der Waals surface area contributed by atoms with Crippen LogP contribution in [0, 0.1) is 0 Å². The number of rotatable bonds is 4. The average Bonchev–Trinajstić information content (AvgIpc) is 3.74. The molecule has 1 aliphatic carbocycles. The number of allylic oxidation sites excluding steroid dienone is 2. The maximum atomic E-state index is 6.66. The molecule has 2 aliphatic heterocycles. The summed E-state index contributed by atoms with van der Waals surface area (Å²) in [5.74, 6) is 2.16. The minimum Gasteiger partial charge on any atom is -0.457 e. The number of ether oxygens (including phenoxy) is 1. The molecule has 7 aromatic carbocycles. The van der Waals surface area contributed by atoms with E-state index >= 15 is 0 Å². The second-order valence-corrected chi connectivity index (χ2v) is 15.3. The smallest absolute Gasteiger partial charge is 0.131 e. The summed E-state index contributed by atoms with van der Waals surface area (Å²) in [6.07, 6.45) is 9.07. The average molecular weight is 695 g/mol. The van der Waals surface area contributed by atoms with Crippen LogP contribution in [0.25, 0.3) is 49.7 Å². The van der Waals surface area contributed by atoms with E-state index in [4.69, 9.17) is 4.74 Å². The van der Waals surface area contributed by atoms with Crippen LogP contribution >= 0.6 is 0 Å². The number of para-hydroxylation sites is 3. The van der Waals surface area contributed by atoms with E-state index in [0.29, 0.717) is 5.92 Å². The van der Waals surface area contributed by atoms with Crippen molar-refractivity contribution < 1.29 is 4.74 Å². The van der Waals surface area contributed by atoms with Crippen molar-refractivity contribution in [2.24, 2.45) is 0 Å². The number of hydrogen-bond acceptors (Lipinski definition) is 2. The predicted molar refractivity (Wildman–Crippen MR) is 224 cm³/mol. The topological polar surface area (TPSA) is 17.4 Å². The highest BCUT2D eigenvalue weighted by Gasteiger charge is 2.38. The second kappa shape index (κ2) is 11.7. The number of benzene rings is 7. The summed E-state index contributed by atoms with van der Waals surface area (Å²) < 4.78 is 9.03. The lowest BCUT2D eigenvalue weighted by molar-refractivity contribution is 0.418. The fourth-order valence-corrected chi connectivity index (χ4v) is 9.26. The Kier molecular flexibility index (Phi) is 6.72. The van der Waals surface area contributed by atoms with Crippen LogP contribution in [0.5, 0.6) is 11.5 Å². The van der Waals surface area contributed by atoms with Gasteiger partial charge in [-0.1, -0.05) is 117 Å². The molecule has 0 radical (unpaired) electrons. The summed E-state index contributed by atoms with van der Waals surface area (Å²) in [5.41, 5.74) is 14.4. The molecule has 0 spiro atoms. The number of nitrogens with zero attached hydrogens (tertiary/aromatic N) is 2. The summed E-state index contributed by atoms with van der Waals surface area (Å²) in [6.45, 7) is 4.67. The highest BCUT2D eigenvalue weighted by Crippen LogP contribution is 2.52. The number of anilines is 2. The standard InChI is InChI=1S/C51H38N2O/c1-51(2)43-31-35(33-21-25-47-41(29-33)39-17-9-11-19-45(39)52(47)37-13-5-3-6-14-37)23-27-49(43)54-50-28-24-36(32-44(50)51)34-22-26-48-42(30-34)40-18-10-12-20-46(40)53(48)38-15-7-4-8-16-38/h3-32,39,45H,1-2H3. The van der Waals surface area contributed by atoms with Gasteiger partial charge in [0.2, 0.25) is 0 Å². The Labute approximate surface area is 315 Å². The van der Waals surface area contributed by atoms with Gasteiger partial charge < -0.3 is 14.2 Å². The van der Waals surface area contributed by atoms with Gasteiger partial charge in [0, 0.05) is 50.3 Å². The zero-order valence-corrected chi connectivity index (χ0v) is 30.3. The van der Waals surface area contributed by atoms with Gasteiger partial charge in [-0.25, -0.2) is 0 Å². The molecule has 0 saturated heterocycles. The van der Waals surface area contributed by atoms with Gasteiger partial charge in [0.05, 0.1) is 17.1 Å². The maximum absolute atomic E-state index is 6.66. The van der Waals surface area contributed by atoms with Crippen molar-refractivity contribution in [3.63, 3.8) is 0 Å². The molecule has 3 heteroatoms. The summed E-state index contributed by atoms with van der Waals surface area (Å²) in [5, 5.41) is 2.51. The van der Waals surface area contributed by atoms with E-state index in [1.54, 1.807) is 0 Å². The van der Waals surface area contributed by atoms with Crippen molar-refractivity contribution in [2.75, 3.05) is 4.90 Å². The number of fused-ring (bicyclic) bond motifs is 8. The van der Waals surface area contributed by atoms with Crippen LogP contribution in [-0.4, -0.2) is 10.6 Å². The lowest BCUT2D eigenvalue weighted by Crippen LogP contribution is -2.28. The first-order chi connectivity index (χ1) is 26.5. The van der Waals surface area contributed by atoms with Gasteiger partial charge >= 0.3 is 0 Å². The fourth-order valence-electron chi connectivity index (χ4n) is 9.26. The molecule has 8 aromatic rings. The SMILES string of the molecule is CC1(C)c2cc(-c3ccc4c(c3)C3C=CC=CC3N4c3ccccc3)ccc2Oc2ccc(-c3ccc4c(c3)c3ccccc3n4-c3ccccc3)cc21. The van der Waals surface area contributed by atoms with Crippen molar-refractivity contribution in [2.45, 2.75) is 31.2 Å². The largest absolute Gasteiger partial charge is 0.457 e. The quantitative estimate of drug-likeness (QED) is 0.182. The third kappa shape index (κ3) is 4.61. The minimum absolute atomic E-state index is 0.271. The molecule has 0 bridgehead atoms. The van der Waals surface area contributed by atoms with Crippen LogP contribution in [0.4, 0.5) is 11.4 Å². The zero-order chi connectivity index (χ0) is 36.0. The van der Waals surface area contributed by atoms with Crippen LogP contribution in [0.2, 0.25) is 0 Å². The first kappa shape index (κ1) is 31.0. The minimum atomic E-state index is -0.273. The molecule has 3 aliphatic rings. The van der Waals surface area contributed by atoms with E-state index in [-0.39, 0.29) is 11.5 Å². The molecule has 258 valence electrons. The fraction of sp³-hybridized carbons (Fsp3) is 0.0980.